The smallest absolute Gasteiger partial charge is 0.404 e. The third-order valence-corrected chi connectivity index (χ3v) is 5.94. The molecule has 2 aromatic heterocycles. The number of nitrogens with zero attached hydrogens (tertiary/aromatic N) is 6. The number of aromatic nitrogens is 4. The Bertz CT molecular complexity index is 993. The predicted octanol–water partition coefficient (Wildman–Crippen LogP) is 4.41. The summed E-state index contributed by atoms with van der Waals surface area (Å²) in [6, 6.07) is -0.235. The number of carboxylic acid groups (broad SMARTS) is 1. The lowest BCUT2D eigenvalue weighted by Gasteiger charge is -2.34. The highest BCUT2D eigenvalue weighted by Gasteiger charge is 2.37. The molecule has 1 saturated heterocycles. The molecule has 0 radical (unpaired) electrons. The first kappa shape index (κ1) is 26.5. The normalized spacial score (nSPS) is 20.1. The summed E-state index contributed by atoms with van der Waals surface area (Å²) in [6.07, 6.45) is 1.00. The fourth-order valence-electron chi connectivity index (χ4n) is 3.83. The van der Waals surface area contributed by atoms with Crippen LogP contribution in [0.1, 0.15) is 49.9 Å². The van der Waals surface area contributed by atoms with Crippen molar-refractivity contribution in [3.8, 4) is 0 Å². The molecule has 10 nitrogen and oxygen atoms in total. The molecule has 0 atom stereocenters. The van der Waals surface area contributed by atoms with Crippen molar-refractivity contribution in [2.24, 2.45) is 0 Å². The number of hydrogen-bond acceptors (Lipinski definition) is 6. The number of nitrogens with one attached hydrogen (secondary N) is 1. The monoisotopic (exact) mass is 563 g/mol. The number of urea groups is 1. The van der Waals surface area contributed by atoms with Crippen LogP contribution in [0.4, 0.5) is 33.0 Å². The molecule has 2 aliphatic rings. The van der Waals surface area contributed by atoms with E-state index in [2.05, 4.69) is 41.2 Å². The van der Waals surface area contributed by atoms with Crippen LogP contribution < -0.4 is 10.2 Å². The Kier molecular flexibility index (Phi) is 9.12. The number of carbonyl (C=O) groups is 2. The fraction of sp³-hybridized carbons (Fsp3) is 0.500. The Morgan fingerprint density at radius 2 is 1.54 bits per heavy atom. The maximum absolute atomic E-state index is 12.6. The van der Waals surface area contributed by atoms with Gasteiger partial charge in [-0.15, -0.1) is 0 Å². The number of carbonyl (C=O) groups excluding carboxylic acids is 1. The van der Waals surface area contributed by atoms with Crippen LogP contribution in [-0.4, -0.2) is 67.2 Å². The lowest BCUT2D eigenvalue weighted by Crippen LogP contribution is -2.45. The van der Waals surface area contributed by atoms with Crippen LogP contribution in [0.3, 0.4) is 0 Å². The topological polar surface area (TPSA) is 124 Å². The molecular formula is C20H22BrF4N7O3. The maximum atomic E-state index is 12.6. The number of anilines is 1. The number of alkyl halides is 4. The van der Waals surface area contributed by atoms with Crippen molar-refractivity contribution in [2.45, 2.75) is 50.6 Å². The van der Waals surface area contributed by atoms with Gasteiger partial charge >= 0.3 is 12.1 Å². The van der Waals surface area contributed by atoms with Crippen molar-refractivity contribution in [1.29, 1.82) is 0 Å². The molecule has 2 N–H and O–H groups in total. The highest BCUT2D eigenvalue weighted by molar-refractivity contribution is 9.10. The van der Waals surface area contributed by atoms with Crippen LogP contribution in [0, 0.1) is 0 Å². The van der Waals surface area contributed by atoms with Gasteiger partial charge in [0.05, 0.1) is 24.8 Å². The van der Waals surface area contributed by atoms with Gasteiger partial charge in [-0.25, -0.2) is 42.1 Å². The molecule has 15 heteroatoms. The Labute approximate surface area is 205 Å². The molecule has 0 aromatic carbocycles. The molecule has 3 amide bonds. The Balaban J connectivity index is 0.000000287. The first-order valence-electron chi connectivity index (χ1n) is 10.6. The van der Waals surface area contributed by atoms with Crippen molar-refractivity contribution in [3.63, 3.8) is 0 Å². The van der Waals surface area contributed by atoms with Crippen LogP contribution in [-0.2, 0) is 0 Å². The van der Waals surface area contributed by atoms with E-state index in [1.54, 1.807) is 4.90 Å². The molecule has 2 fully saturated rings. The minimum Gasteiger partial charge on any atom is -0.465 e. The van der Waals surface area contributed by atoms with Gasteiger partial charge in [-0.05, 0) is 41.6 Å². The van der Waals surface area contributed by atoms with E-state index in [0.717, 1.165) is 25.2 Å². The van der Waals surface area contributed by atoms with Crippen molar-refractivity contribution >= 4 is 33.9 Å². The molecule has 4 rings (SSSR count). The van der Waals surface area contributed by atoms with Crippen molar-refractivity contribution in [1.82, 2.24) is 30.2 Å². The van der Waals surface area contributed by atoms with E-state index in [1.807, 2.05) is 0 Å². The van der Waals surface area contributed by atoms with Crippen molar-refractivity contribution < 1.29 is 32.3 Å². The van der Waals surface area contributed by atoms with E-state index in [-0.39, 0.29) is 29.6 Å². The summed E-state index contributed by atoms with van der Waals surface area (Å²) < 4.78 is 49.1. The molecule has 190 valence electrons. The van der Waals surface area contributed by atoms with Gasteiger partial charge in [0, 0.05) is 25.2 Å². The third kappa shape index (κ3) is 7.19. The van der Waals surface area contributed by atoms with E-state index in [1.165, 1.54) is 17.3 Å². The highest BCUT2D eigenvalue weighted by Crippen LogP contribution is 2.28. The molecule has 3 heterocycles. The van der Waals surface area contributed by atoms with Crippen LogP contribution in [0.15, 0.2) is 29.4 Å². The zero-order valence-electron chi connectivity index (χ0n) is 18.2. The van der Waals surface area contributed by atoms with Gasteiger partial charge in [0.25, 0.3) is 12.9 Å². The van der Waals surface area contributed by atoms with E-state index < -0.39 is 24.6 Å². The predicted molar refractivity (Wildman–Crippen MR) is 118 cm³/mol. The van der Waals surface area contributed by atoms with Gasteiger partial charge in [0.2, 0.25) is 0 Å². The summed E-state index contributed by atoms with van der Waals surface area (Å²) in [5, 5.41) is 11.2. The molecule has 0 unspecified atom stereocenters. The summed E-state index contributed by atoms with van der Waals surface area (Å²) in [5.41, 5.74) is -0.722. The maximum Gasteiger partial charge on any atom is 0.404 e. The standard InChI is InChI=1S/C15H19F2N5O3.C5H3BrF2N2/c16-13(17)11-7-19-12(8-18-11)22-6-5-21(15(22)25)10-3-1-9(2-4-10)20-14(23)24;6-4-2-9-3(1-10-4)5(7)8/h7-10,13,20H,1-6H2,(H,23,24);1-2,5H. The fourth-order valence-corrected chi connectivity index (χ4v) is 4.03. The van der Waals surface area contributed by atoms with Crippen LogP contribution in [0.25, 0.3) is 0 Å². The Morgan fingerprint density at radius 1 is 0.943 bits per heavy atom. The number of rotatable bonds is 5. The molecule has 1 aliphatic carbocycles. The molecule has 0 spiro atoms. The number of halogens is 5. The van der Waals surface area contributed by atoms with E-state index in [4.69, 9.17) is 5.11 Å². The minimum atomic E-state index is -2.69. The largest absolute Gasteiger partial charge is 0.465 e. The van der Waals surface area contributed by atoms with Gasteiger partial charge in [0.15, 0.2) is 5.82 Å². The molecule has 2 aromatic rings. The summed E-state index contributed by atoms with van der Waals surface area (Å²) in [7, 11) is 0. The average molecular weight is 564 g/mol. The van der Waals surface area contributed by atoms with Gasteiger partial charge < -0.3 is 15.3 Å². The molecule has 1 aliphatic heterocycles. The summed E-state index contributed by atoms with van der Waals surface area (Å²) in [5.74, 6) is 0.262. The minimum absolute atomic E-state index is 0.0534. The number of amides is 3. The first-order chi connectivity index (χ1) is 16.7. The summed E-state index contributed by atoms with van der Waals surface area (Å²) in [6.45, 7) is 0.952. The second-order valence-electron chi connectivity index (χ2n) is 7.75. The first-order valence-corrected chi connectivity index (χ1v) is 11.4. The van der Waals surface area contributed by atoms with Gasteiger partial charge in [-0.1, -0.05) is 0 Å². The molecule has 0 bridgehead atoms. The van der Waals surface area contributed by atoms with E-state index in [0.29, 0.717) is 30.5 Å². The molecular weight excluding hydrogens is 542 g/mol. The lowest BCUT2D eigenvalue weighted by atomic mass is 9.90. The van der Waals surface area contributed by atoms with Crippen LogP contribution in [0.5, 0.6) is 0 Å². The SMILES string of the molecule is FC(F)c1cnc(Br)cn1.O=C(O)NC1CCC(N2CCN(c3cnc(C(F)F)cn3)C2=O)CC1. The Hall–Kier alpha value is -3.10. The van der Waals surface area contributed by atoms with Crippen LogP contribution in [0.2, 0.25) is 0 Å². The highest BCUT2D eigenvalue weighted by atomic mass is 79.9. The summed E-state index contributed by atoms with van der Waals surface area (Å²) >= 11 is 2.98. The second-order valence-corrected chi connectivity index (χ2v) is 8.56. The quantitative estimate of drug-likeness (QED) is 0.516. The zero-order valence-corrected chi connectivity index (χ0v) is 19.8. The van der Waals surface area contributed by atoms with E-state index in [9.17, 15) is 27.2 Å². The Morgan fingerprint density at radius 3 is 2.03 bits per heavy atom. The molecule has 1 saturated carbocycles. The van der Waals surface area contributed by atoms with E-state index >= 15 is 0 Å². The van der Waals surface area contributed by atoms with Crippen molar-refractivity contribution in [2.75, 3.05) is 18.0 Å². The number of hydrogen-bond donors (Lipinski definition) is 2. The van der Waals surface area contributed by atoms with Gasteiger partial charge in [-0.2, -0.15) is 0 Å². The van der Waals surface area contributed by atoms with Gasteiger partial charge in [-0.3, -0.25) is 9.88 Å². The molecule has 35 heavy (non-hydrogen) atoms. The van der Waals surface area contributed by atoms with Crippen LogP contribution >= 0.6 is 15.9 Å². The average Bonchev–Trinajstić information content (AvgIpc) is 3.21. The summed E-state index contributed by atoms with van der Waals surface area (Å²) in [4.78, 5) is 41.0. The second kappa shape index (κ2) is 12.0. The van der Waals surface area contributed by atoms with Gasteiger partial charge in [0.1, 0.15) is 16.0 Å². The van der Waals surface area contributed by atoms with Crippen molar-refractivity contribution in [3.05, 3.63) is 40.8 Å². The third-order valence-electron chi connectivity index (χ3n) is 5.53. The lowest BCUT2D eigenvalue weighted by molar-refractivity contribution is 0.145. The zero-order chi connectivity index (χ0) is 25.5.